The van der Waals surface area contributed by atoms with Crippen molar-refractivity contribution in [2.75, 3.05) is 39.3 Å². The third-order valence-corrected chi connectivity index (χ3v) is 6.39. The van der Waals surface area contributed by atoms with Crippen molar-refractivity contribution in [2.24, 2.45) is 17.6 Å². The van der Waals surface area contributed by atoms with Gasteiger partial charge in [0.15, 0.2) is 0 Å². The number of nitrogens with zero attached hydrogens (tertiary/aromatic N) is 2. The van der Waals surface area contributed by atoms with Gasteiger partial charge in [0.2, 0.25) is 11.8 Å². The molecule has 2 saturated heterocycles. The van der Waals surface area contributed by atoms with E-state index in [1.807, 2.05) is 4.90 Å². The van der Waals surface area contributed by atoms with Gasteiger partial charge < -0.3 is 20.9 Å². The molecule has 2 amide bonds. The van der Waals surface area contributed by atoms with Crippen LogP contribution >= 0.6 is 12.4 Å². The second kappa shape index (κ2) is 11.2. The second-order valence-corrected chi connectivity index (χ2v) is 8.42. The molecule has 1 aliphatic carbocycles. The Bertz CT molecular complexity index is 477. The molecule has 2 aliphatic heterocycles. The lowest BCUT2D eigenvalue weighted by Gasteiger charge is -2.35. The molecule has 2 unspecified atom stereocenters. The highest BCUT2D eigenvalue weighted by molar-refractivity contribution is 5.85. The first-order chi connectivity index (χ1) is 12.6. The van der Waals surface area contributed by atoms with Crippen molar-refractivity contribution in [3.8, 4) is 0 Å². The number of hydrogen-bond donors (Lipinski definition) is 2. The van der Waals surface area contributed by atoms with Crippen LogP contribution in [-0.2, 0) is 9.59 Å². The highest BCUT2D eigenvalue weighted by Crippen LogP contribution is 2.27. The molecule has 7 heteroatoms. The van der Waals surface area contributed by atoms with E-state index >= 15 is 0 Å². The molecule has 0 bridgehead atoms. The number of amides is 2. The summed E-state index contributed by atoms with van der Waals surface area (Å²) in [7, 11) is 0. The smallest absolute Gasteiger partial charge is 0.225 e. The third-order valence-electron chi connectivity index (χ3n) is 6.39. The average Bonchev–Trinajstić information content (AvgIpc) is 3.18. The van der Waals surface area contributed by atoms with Gasteiger partial charge >= 0.3 is 0 Å². The number of hydrogen-bond acceptors (Lipinski definition) is 4. The number of likely N-dealkylation sites (tertiary alicyclic amines) is 2. The maximum absolute atomic E-state index is 12.7. The third kappa shape index (κ3) is 6.61. The predicted molar refractivity (Wildman–Crippen MR) is 110 cm³/mol. The summed E-state index contributed by atoms with van der Waals surface area (Å²) in [6.45, 7) is 5.73. The number of nitrogens with two attached hydrogens (primary N) is 1. The first-order valence-electron chi connectivity index (χ1n) is 10.7. The molecule has 6 nitrogen and oxygen atoms in total. The Kier molecular flexibility index (Phi) is 9.33. The molecule has 0 aromatic carbocycles. The number of carbonyl (C=O) groups excluding carboxylic acids is 2. The minimum atomic E-state index is 0. The van der Waals surface area contributed by atoms with E-state index in [1.165, 1.54) is 25.9 Å². The Morgan fingerprint density at radius 1 is 0.926 bits per heavy atom. The quantitative estimate of drug-likeness (QED) is 0.666. The van der Waals surface area contributed by atoms with Crippen LogP contribution in [0.3, 0.4) is 0 Å². The van der Waals surface area contributed by atoms with E-state index in [0.717, 1.165) is 71.1 Å². The molecule has 3 aliphatic rings. The summed E-state index contributed by atoms with van der Waals surface area (Å²) in [4.78, 5) is 29.5. The molecule has 3 rings (SSSR count). The zero-order valence-electron chi connectivity index (χ0n) is 16.5. The molecular weight excluding hydrogens is 364 g/mol. The van der Waals surface area contributed by atoms with Gasteiger partial charge in [-0.3, -0.25) is 9.59 Å². The van der Waals surface area contributed by atoms with Crippen LogP contribution in [0, 0.1) is 11.8 Å². The van der Waals surface area contributed by atoms with Gasteiger partial charge in [-0.1, -0.05) is 6.42 Å². The lowest BCUT2D eigenvalue weighted by atomic mass is 9.84. The lowest BCUT2D eigenvalue weighted by molar-refractivity contribution is -0.140. The summed E-state index contributed by atoms with van der Waals surface area (Å²) in [5.41, 5.74) is 6.03. The molecule has 3 fully saturated rings. The number of rotatable bonds is 6. The number of halogens is 1. The minimum absolute atomic E-state index is 0. The molecule has 2 atom stereocenters. The Morgan fingerprint density at radius 2 is 1.63 bits per heavy atom. The molecule has 0 aromatic rings. The maximum atomic E-state index is 12.7. The zero-order valence-corrected chi connectivity index (χ0v) is 17.4. The van der Waals surface area contributed by atoms with Crippen LogP contribution in [-0.4, -0.2) is 66.9 Å². The van der Waals surface area contributed by atoms with Gasteiger partial charge in [0.1, 0.15) is 0 Å². The van der Waals surface area contributed by atoms with E-state index < -0.39 is 0 Å². The van der Waals surface area contributed by atoms with Crippen LogP contribution in [0.1, 0.15) is 57.8 Å². The predicted octanol–water partition coefficient (Wildman–Crippen LogP) is 1.77. The van der Waals surface area contributed by atoms with Gasteiger partial charge in [-0.15, -0.1) is 12.4 Å². The Labute approximate surface area is 170 Å². The van der Waals surface area contributed by atoms with E-state index in [0.29, 0.717) is 0 Å². The molecule has 2 heterocycles. The SMILES string of the molecule is Cl.NC1CCCC(C(=O)N2CCC(C(=O)NCCCN3CCCC3)CC2)C1. The molecule has 0 spiro atoms. The molecule has 3 N–H and O–H groups in total. The topological polar surface area (TPSA) is 78.7 Å². The molecule has 156 valence electrons. The van der Waals surface area contributed by atoms with Gasteiger partial charge in [-0.25, -0.2) is 0 Å². The minimum Gasteiger partial charge on any atom is -0.356 e. The van der Waals surface area contributed by atoms with Crippen molar-refractivity contribution in [3.63, 3.8) is 0 Å². The Morgan fingerprint density at radius 3 is 2.30 bits per heavy atom. The summed E-state index contributed by atoms with van der Waals surface area (Å²) in [5.74, 6) is 0.622. The van der Waals surface area contributed by atoms with Crippen LogP contribution in [0.25, 0.3) is 0 Å². The van der Waals surface area contributed by atoms with Gasteiger partial charge in [0, 0.05) is 37.5 Å². The Hall–Kier alpha value is -0.850. The highest BCUT2D eigenvalue weighted by Gasteiger charge is 2.32. The Balaban J connectivity index is 0.00000261. The van der Waals surface area contributed by atoms with Crippen LogP contribution in [0.5, 0.6) is 0 Å². The van der Waals surface area contributed by atoms with E-state index in [2.05, 4.69) is 10.2 Å². The van der Waals surface area contributed by atoms with Crippen molar-refractivity contribution in [1.82, 2.24) is 15.1 Å². The van der Waals surface area contributed by atoms with Crippen molar-refractivity contribution >= 4 is 24.2 Å². The highest BCUT2D eigenvalue weighted by atomic mass is 35.5. The number of piperidine rings is 1. The normalized spacial score (nSPS) is 27.2. The fraction of sp³-hybridized carbons (Fsp3) is 0.900. The first-order valence-corrected chi connectivity index (χ1v) is 10.7. The van der Waals surface area contributed by atoms with Gasteiger partial charge in [0.25, 0.3) is 0 Å². The largest absolute Gasteiger partial charge is 0.356 e. The molecular formula is C20H37ClN4O2. The van der Waals surface area contributed by atoms with Crippen LogP contribution < -0.4 is 11.1 Å². The van der Waals surface area contributed by atoms with Crippen LogP contribution in [0.15, 0.2) is 0 Å². The summed E-state index contributed by atoms with van der Waals surface area (Å²) < 4.78 is 0. The fourth-order valence-electron chi connectivity index (χ4n) is 4.74. The van der Waals surface area contributed by atoms with Gasteiger partial charge in [0.05, 0.1) is 0 Å². The zero-order chi connectivity index (χ0) is 18.4. The van der Waals surface area contributed by atoms with Crippen molar-refractivity contribution < 1.29 is 9.59 Å². The van der Waals surface area contributed by atoms with Crippen LogP contribution in [0.2, 0.25) is 0 Å². The molecule has 0 aromatic heterocycles. The summed E-state index contributed by atoms with van der Waals surface area (Å²) in [5, 5.41) is 3.10. The summed E-state index contributed by atoms with van der Waals surface area (Å²) >= 11 is 0. The summed E-state index contributed by atoms with van der Waals surface area (Å²) in [6.07, 6.45) is 9.17. The first kappa shape index (κ1) is 22.4. The lowest BCUT2D eigenvalue weighted by Crippen LogP contribution is -2.46. The van der Waals surface area contributed by atoms with Crippen molar-refractivity contribution in [2.45, 2.75) is 63.8 Å². The van der Waals surface area contributed by atoms with E-state index in [9.17, 15) is 9.59 Å². The van der Waals surface area contributed by atoms with Crippen molar-refractivity contribution in [1.29, 1.82) is 0 Å². The van der Waals surface area contributed by atoms with E-state index in [-0.39, 0.29) is 42.1 Å². The number of carbonyl (C=O) groups is 2. The van der Waals surface area contributed by atoms with Crippen molar-refractivity contribution in [3.05, 3.63) is 0 Å². The second-order valence-electron chi connectivity index (χ2n) is 8.42. The molecule has 1 saturated carbocycles. The monoisotopic (exact) mass is 400 g/mol. The summed E-state index contributed by atoms with van der Waals surface area (Å²) in [6, 6.07) is 0.182. The van der Waals surface area contributed by atoms with Gasteiger partial charge in [-0.05, 0) is 71.0 Å². The maximum Gasteiger partial charge on any atom is 0.225 e. The van der Waals surface area contributed by atoms with E-state index in [1.54, 1.807) is 0 Å². The van der Waals surface area contributed by atoms with E-state index in [4.69, 9.17) is 5.73 Å². The fourth-order valence-corrected chi connectivity index (χ4v) is 4.74. The average molecular weight is 401 g/mol. The molecule has 0 radical (unpaired) electrons. The standard InChI is InChI=1S/C20H36N4O2.ClH/c21-18-6-3-5-17(15-18)20(26)24-13-7-16(8-14-24)19(25)22-9-4-12-23-10-1-2-11-23;/h16-18H,1-15,21H2,(H,22,25);1H. The van der Waals surface area contributed by atoms with Crippen LogP contribution in [0.4, 0.5) is 0 Å². The molecule has 27 heavy (non-hydrogen) atoms. The van der Waals surface area contributed by atoms with Gasteiger partial charge in [-0.2, -0.15) is 0 Å². The number of nitrogens with one attached hydrogen (secondary N) is 1.